The molecular formula is C18H26ClN3O3. The Kier molecular flexibility index (Phi) is 6.81. The summed E-state index contributed by atoms with van der Waals surface area (Å²) in [5.74, 6) is -0.875. The van der Waals surface area contributed by atoms with E-state index in [-0.39, 0.29) is 24.5 Å². The monoisotopic (exact) mass is 367 g/mol. The standard InChI is InChI=1S/C18H26ClN3O3/c1-4-22(11-16(23)24)15-9-14(10-15)20-18(25)17(21(2)3)12-6-5-7-13(19)8-12/h5-8,14-15,17H,4,9-11H2,1-3H3,(H,20,25)(H,23,24). The number of benzene rings is 1. The first kappa shape index (κ1) is 19.7. The van der Waals surface area contributed by atoms with E-state index in [1.165, 1.54) is 0 Å². The number of hydrogen-bond acceptors (Lipinski definition) is 4. The van der Waals surface area contributed by atoms with Gasteiger partial charge in [-0.2, -0.15) is 0 Å². The zero-order valence-corrected chi connectivity index (χ0v) is 15.7. The Morgan fingerprint density at radius 2 is 2.04 bits per heavy atom. The maximum atomic E-state index is 12.7. The lowest BCUT2D eigenvalue weighted by Crippen LogP contribution is -2.56. The Balaban J connectivity index is 1.94. The summed E-state index contributed by atoms with van der Waals surface area (Å²) >= 11 is 6.05. The Labute approximate surface area is 153 Å². The summed E-state index contributed by atoms with van der Waals surface area (Å²) in [6, 6.07) is 7.23. The summed E-state index contributed by atoms with van der Waals surface area (Å²) in [6.07, 6.45) is 1.56. The second-order valence-electron chi connectivity index (χ2n) is 6.71. The molecule has 1 aliphatic rings. The van der Waals surface area contributed by atoms with Gasteiger partial charge in [0.2, 0.25) is 5.91 Å². The minimum Gasteiger partial charge on any atom is -0.480 e. The smallest absolute Gasteiger partial charge is 0.317 e. The number of carbonyl (C=O) groups excluding carboxylic acids is 1. The number of rotatable bonds is 8. The molecule has 6 nitrogen and oxygen atoms in total. The van der Waals surface area contributed by atoms with Crippen LogP contribution in [0.15, 0.2) is 24.3 Å². The third kappa shape index (κ3) is 5.17. The fourth-order valence-electron chi connectivity index (χ4n) is 3.32. The molecule has 1 saturated carbocycles. The molecule has 0 spiro atoms. The normalized spacial score (nSPS) is 21.0. The van der Waals surface area contributed by atoms with Crippen molar-refractivity contribution in [3.8, 4) is 0 Å². The molecule has 138 valence electrons. The number of hydrogen-bond donors (Lipinski definition) is 2. The summed E-state index contributed by atoms with van der Waals surface area (Å²) in [7, 11) is 3.72. The second kappa shape index (κ2) is 8.65. The molecule has 0 bridgehead atoms. The van der Waals surface area contributed by atoms with Crippen molar-refractivity contribution in [2.24, 2.45) is 0 Å². The van der Waals surface area contributed by atoms with Gasteiger partial charge in [0.1, 0.15) is 6.04 Å². The predicted molar refractivity (Wildman–Crippen MR) is 97.7 cm³/mol. The van der Waals surface area contributed by atoms with Crippen LogP contribution in [0.3, 0.4) is 0 Å². The molecule has 1 aromatic carbocycles. The highest BCUT2D eigenvalue weighted by atomic mass is 35.5. The first-order valence-electron chi connectivity index (χ1n) is 8.50. The molecule has 0 radical (unpaired) electrons. The molecule has 0 heterocycles. The van der Waals surface area contributed by atoms with Crippen molar-refractivity contribution < 1.29 is 14.7 Å². The van der Waals surface area contributed by atoms with Crippen molar-refractivity contribution in [1.82, 2.24) is 15.1 Å². The van der Waals surface area contributed by atoms with E-state index in [1.807, 2.05) is 43.0 Å². The van der Waals surface area contributed by atoms with Crippen LogP contribution in [0.1, 0.15) is 31.4 Å². The van der Waals surface area contributed by atoms with Gasteiger partial charge in [0.05, 0.1) is 6.54 Å². The fraction of sp³-hybridized carbons (Fsp3) is 0.556. The number of carboxylic acids is 1. The molecule has 7 heteroatoms. The number of halogens is 1. The molecular weight excluding hydrogens is 342 g/mol. The van der Waals surface area contributed by atoms with E-state index in [4.69, 9.17) is 16.7 Å². The van der Waals surface area contributed by atoms with Gasteiger partial charge >= 0.3 is 5.97 Å². The van der Waals surface area contributed by atoms with Crippen molar-refractivity contribution in [2.45, 2.75) is 37.9 Å². The van der Waals surface area contributed by atoms with Crippen molar-refractivity contribution in [1.29, 1.82) is 0 Å². The quantitative estimate of drug-likeness (QED) is 0.735. The molecule has 2 rings (SSSR count). The van der Waals surface area contributed by atoms with Crippen molar-refractivity contribution in [3.63, 3.8) is 0 Å². The van der Waals surface area contributed by atoms with Gasteiger partial charge in [0.15, 0.2) is 0 Å². The number of aliphatic carboxylic acids is 1. The largest absolute Gasteiger partial charge is 0.480 e. The minimum absolute atomic E-state index is 0.0463. The van der Waals surface area contributed by atoms with Gasteiger partial charge in [0, 0.05) is 17.1 Å². The van der Waals surface area contributed by atoms with Crippen LogP contribution in [0.5, 0.6) is 0 Å². The zero-order valence-electron chi connectivity index (χ0n) is 14.9. The summed E-state index contributed by atoms with van der Waals surface area (Å²) in [6.45, 7) is 2.70. The zero-order chi connectivity index (χ0) is 18.6. The lowest BCUT2D eigenvalue weighted by Gasteiger charge is -2.42. The van der Waals surface area contributed by atoms with Crippen LogP contribution in [0.25, 0.3) is 0 Å². The van der Waals surface area contributed by atoms with Gasteiger partial charge in [0.25, 0.3) is 0 Å². The third-order valence-electron chi connectivity index (χ3n) is 4.65. The fourth-order valence-corrected chi connectivity index (χ4v) is 3.52. The minimum atomic E-state index is -0.817. The summed E-state index contributed by atoms with van der Waals surface area (Å²) in [5.41, 5.74) is 0.854. The molecule has 2 N–H and O–H groups in total. The molecule has 0 saturated heterocycles. The number of nitrogens with zero attached hydrogens (tertiary/aromatic N) is 2. The maximum absolute atomic E-state index is 12.7. The lowest BCUT2D eigenvalue weighted by molar-refractivity contribution is -0.140. The molecule has 25 heavy (non-hydrogen) atoms. The van der Waals surface area contributed by atoms with Gasteiger partial charge in [-0.3, -0.25) is 19.4 Å². The van der Waals surface area contributed by atoms with Gasteiger partial charge in [-0.1, -0.05) is 30.7 Å². The molecule has 0 aliphatic heterocycles. The topological polar surface area (TPSA) is 72.9 Å². The number of carboxylic acid groups (broad SMARTS) is 1. The number of amides is 1. The van der Waals surface area contributed by atoms with E-state index >= 15 is 0 Å². The number of carbonyl (C=O) groups is 2. The van der Waals surface area contributed by atoms with Crippen molar-refractivity contribution in [3.05, 3.63) is 34.9 Å². The average molecular weight is 368 g/mol. The van der Waals surface area contributed by atoms with Gasteiger partial charge in [-0.25, -0.2) is 0 Å². The summed E-state index contributed by atoms with van der Waals surface area (Å²) in [4.78, 5) is 27.4. The van der Waals surface area contributed by atoms with Crippen LogP contribution >= 0.6 is 11.6 Å². The highest BCUT2D eigenvalue weighted by Gasteiger charge is 2.36. The van der Waals surface area contributed by atoms with E-state index < -0.39 is 12.0 Å². The van der Waals surface area contributed by atoms with Crippen molar-refractivity contribution >= 4 is 23.5 Å². The average Bonchev–Trinajstić information content (AvgIpc) is 2.48. The van der Waals surface area contributed by atoms with Gasteiger partial charge in [-0.05, 0) is 51.2 Å². The Hall–Kier alpha value is -1.63. The molecule has 1 fully saturated rings. The highest BCUT2D eigenvalue weighted by molar-refractivity contribution is 6.30. The van der Waals surface area contributed by atoms with Gasteiger partial charge < -0.3 is 10.4 Å². The Morgan fingerprint density at radius 1 is 1.36 bits per heavy atom. The lowest BCUT2D eigenvalue weighted by atomic mass is 9.85. The predicted octanol–water partition coefficient (Wildman–Crippen LogP) is 2.00. The molecule has 1 atom stereocenters. The van der Waals surface area contributed by atoms with E-state index in [9.17, 15) is 9.59 Å². The van der Waals surface area contributed by atoms with Crippen LogP contribution in [0.4, 0.5) is 0 Å². The van der Waals surface area contributed by atoms with E-state index in [0.29, 0.717) is 11.6 Å². The van der Waals surface area contributed by atoms with Gasteiger partial charge in [-0.15, -0.1) is 0 Å². The first-order chi connectivity index (χ1) is 11.8. The summed E-state index contributed by atoms with van der Waals surface area (Å²) < 4.78 is 0. The van der Waals surface area contributed by atoms with Crippen LogP contribution in [-0.2, 0) is 9.59 Å². The summed E-state index contributed by atoms with van der Waals surface area (Å²) in [5, 5.41) is 12.6. The van der Waals surface area contributed by atoms with E-state index in [0.717, 1.165) is 18.4 Å². The highest BCUT2D eigenvalue weighted by Crippen LogP contribution is 2.27. The maximum Gasteiger partial charge on any atom is 0.317 e. The molecule has 1 unspecified atom stereocenters. The number of likely N-dealkylation sites (N-methyl/N-ethyl adjacent to an activating group) is 2. The van der Waals surface area contributed by atoms with Crippen molar-refractivity contribution in [2.75, 3.05) is 27.2 Å². The molecule has 1 amide bonds. The molecule has 1 aromatic rings. The number of nitrogens with one attached hydrogen (secondary N) is 1. The Bertz CT molecular complexity index is 617. The molecule has 1 aliphatic carbocycles. The Morgan fingerprint density at radius 3 is 2.56 bits per heavy atom. The third-order valence-corrected chi connectivity index (χ3v) is 4.88. The van der Waals surface area contributed by atoms with E-state index in [2.05, 4.69) is 5.32 Å². The van der Waals surface area contributed by atoms with Crippen LogP contribution < -0.4 is 5.32 Å². The SMILES string of the molecule is CCN(CC(=O)O)C1CC(NC(=O)C(c2cccc(Cl)c2)N(C)C)C1. The van der Waals surface area contributed by atoms with Crippen LogP contribution in [-0.4, -0.2) is 66.1 Å². The van der Waals surface area contributed by atoms with E-state index in [1.54, 1.807) is 12.1 Å². The van der Waals surface area contributed by atoms with Crippen LogP contribution in [0, 0.1) is 0 Å². The first-order valence-corrected chi connectivity index (χ1v) is 8.87. The van der Waals surface area contributed by atoms with Crippen LogP contribution in [0.2, 0.25) is 5.02 Å². The molecule has 0 aromatic heterocycles. The second-order valence-corrected chi connectivity index (χ2v) is 7.15.